The van der Waals surface area contributed by atoms with Gasteiger partial charge in [0.2, 0.25) is 0 Å². The number of likely N-dealkylation sites (tertiary alicyclic amines) is 1. The van der Waals surface area contributed by atoms with Gasteiger partial charge in [0.25, 0.3) is 5.91 Å². The molecule has 0 radical (unpaired) electrons. The van der Waals surface area contributed by atoms with Crippen molar-refractivity contribution >= 4 is 17.2 Å². The molecule has 2 heterocycles. The van der Waals surface area contributed by atoms with Gasteiger partial charge in [-0.15, -0.1) is 0 Å². The van der Waals surface area contributed by atoms with E-state index in [9.17, 15) is 9.18 Å². The Morgan fingerprint density at radius 3 is 2.71 bits per heavy atom. The summed E-state index contributed by atoms with van der Waals surface area (Å²) < 4.78 is 13.1. The number of hydrogen-bond acceptors (Lipinski definition) is 2. The first-order chi connectivity index (χ1) is 10.2. The average molecular weight is 303 g/mol. The fraction of sp³-hybridized carbons (Fsp3) is 0.353. The smallest absolute Gasteiger partial charge is 0.254 e. The lowest BCUT2D eigenvalue weighted by Crippen LogP contribution is -2.33. The summed E-state index contributed by atoms with van der Waals surface area (Å²) in [5.41, 5.74) is 1.90. The summed E-state index contributed by atoms with van der Waals surface area (Å²) in [6, 6.07) is 8.58. The zero-order chi connectivity index (χ0) is 14.7. The Hall–Kier alpha value is -1.68. The largest absolute Gasteiger partial charge is 0.338 e. The number of benzene rings is 1. The molecule has 0 spiro atoms. The van der Waals surface area contributed by atoms with Crippen molar-refractivity contribution in [2.45, 2.75) is 25.2 Å². The topological polar surface area (TPSA) is 20.3 Å². The molecule has 0 saturated carbocycles. The van der Waals surface area contributed by atoms with E-state index in [0.717, 1.165) is 43.5 Å². The van der Waals surface area contributed by atoms with E-state index in [1.165, 1.54) is 12.1 Å². The van der Waals surface area contributed by atoms with Crippen LogP contribution in [0.2, 0.25) is 0 Å². The van der Waals surface area contributed by atoms with Crippen LogP contribution >= 0.6 is 11.3 Å². The van der Waals surface area contributed by atoms with Crippen molar-refractivity contribution in [1.82, 2.24) is 4.90 Å². The van der Waals surface area contributed by atoms with Crippen LogP contribution in [0.15, 0.2) is 41.1 Å². The fourth-order valence-corrected chi connectivity index (χ4v) is 3.53. The normalized spacial score (nSPS) is 19.3. The van der Waals surface area contributed by atoms with E-state index in [2.05, 4.69) is 0 Å². The summed E-state index contributed by atoms with van der Waals surface area (Å²) >= 11 is 1.55. The van der Waals surface area contributed by atoms with Crippen LogP contribution in [0, 0.1) is 5.82 Å². The minimum atomic E-state index is -0.210. The number of carbonyl (C=O) groups is 1. The second kappa shape index (κ2) is 6.39. The van der Waals surface area contributed by atoms with Crippen LogP contribution in [0.3, 0.4) is 0 Å². The summed E-state index contributed by atoms with van der Waals surface area (Å²) in [6.45, 7) is 1.53. The van der Waals surface area contributed by atoms with Crippen molar-refractivity contribution in [3.05, 3.63) is 58.0 Å². The molecule has 2 nitrogen and oxygen atoms in total. The van der Waals surface area contributed by atoms with Crippen molar-refractivity contribution in [2.75, 3.05) is 13.1 Å². The predicted octanol–water partition coefficient (Wildman–Crippen LogP) is 4.30. The van der Waals surface area contributed by atoms with Crippen LogP contribution in [0.4, 0.5) is 4.39 Å². The lowest BCUT2D eigenvalue weighted by Gasteiger charge is -2.24. The molecule has 1 aromatic heterocycles. The molecular weight excluding hydrogens is 285 g/mol. The van der Waals surface area contributed by atoms with Crippen LogP contribution in [-0.4, -0.2) is 23.9 Å². The lowest BCUT2D eigenvalue weighted by molar-refractivity contribution is 0.0755. The maximum atomic E-state index is 13.1. The fourth-order valence-electron chi connectivity index (χ4n) is 2.90. The highest BCUT2D eigenvalue weighted by molar-refractivity contribution is 7.08. The van der Waals surface area contributed by atoms with Crippen molar-refractivity contribution in [3.63, 3.8) is 0 Å². The van der Waals surface area contributed by atoms with Gasteiger partial charge in [-0.1, -0.05) is 18.6 Å². The van der Waals surface area contributed by atoms with Gasteiger partial charge in [0.05, 0.1) is 5.56 Å². The first kappa shape index (κ1) is 14.3. The minimum absolute atomic E-state index is 0.116. The van der Waals surface area contributed by atoms with Crippen molar-refractivity contribution in [3.8, 4) is 0 Å². The Bertz CT molecular complexity index is 594. The van der Waals surface area contributed by atoms with Crippen molar-refractivity contribution in [2.24, 2.45) is 0 Å². The van der Waals surface area contributed by atoms with E-state index in [4.69, 9.17) is 0 Å². The third-order valence-electron chi connectivity index (χ3n) is 4.07. The highest BCUT2D eigenvalue weighted by Gasteiger charge is 2.24. The standard InChI is InChI=1S/C17H18FNOS/c18-16-6-4-13(5-7-16)14-3-1-2-9-19(11-14)17(20)15-8-10-21-12-15/h4-8,10,12,14H,1-3,9,11H2/t14-/m0/s1. The summed E-state index contributed by atoms with van der Waals surface area (Å²) in [7, 11) is 0. The van der Waals surface area contributed by atoms with E-state index >= 15 is 0 Å². The number of rotatable bonds is 2. The zero-order valence-corrected chi connectivity index (χ0v) is 12.6. The Balaban J connectivity index is 1.77. The Morgan fingerprint density at radius 1 is 1.19 bits per heavy atom. The van der Waals surface area contributed by atoms with Gasteiger partial charge in [-0.3, -0.25) is 4.79 Å². The van der Waals surface area contributed by atoms with Gasteiger partial charge in [-0.05, 0) is 42.0 Å². The molecule has 0 N–H and O–H groups in total. The summed E-state index contributed by atoms with van der Waals surface area (Å²) in [6.07, 6.45) is 3.20. The molecule has 0 unspecified atom stereocenters. The number of carbonyl (C=O) groups excluding carboxylic acids is 1. The first-order valence-corrected chi connectivity index (χ1v) is 8.25. The van der Waals surface area contributed by atoms with Gasteiger partial charge in [0.1, 0.15) is 5.82 Å². The van der Waals surface area contributed by atoms with E-state index in [0.29, 0.717) is 5.92 Å². The lowest BCUT2D eigenvalue weighted by atomic mass is 9.94. The van der Waals surface area contributed by atoms with Crippen LogP contribution in [-0.2, 0) is 0 Å². The molecule has 2 aromatic rings. The Labute approximate surface area is 128 Å². The van der Waals surface area contributed by atoms with E-state index in [-0.39, 0.29) is 11.7 Å². The number of amides is 1. The molecule has 110 valence electrons. The van der Waals surface area contributed by atoms with Crippen LogP contribution in [0.25, 0.3) is 0 Å². The molecule has 21 heavy (non-hydrogen) atoms. The molecule has 1 amide bonds. The van der Waals surface area contributed by atoms with E-state index in [1.54, 1.807) is 11.3 Å². The van der Waals surface area contributed by atoms with Crippen molar-refractivity contribution in [1.29, 1.82) is 0 Å². The second-order valence-corrected chi connectivity index (χ2v) is 6.29. The molecule has 1 aliphatic heterocycles. The van der Waals surface area contributed by atoms with Gasteiger partial charge in [-0.2, -0.15) is 11.3 Å². The van der Waals surface area contributed by atoms with Gasteiger partial charge in [0.15, 0.2) is 0 Å². The molecule has 1 atom stereocenters. The van der Waals surface area contributed by atoms with Crippen LogP contribution < -0.4 is 0 Å². The summed E-state index contributed by atoms with van der Waals surface area (Å²) in [5, 5.41) is 3.84. The van der Waals surface area contributed by atoms with Gasteiger partial charge < -0.3 is 4.90 Å². The maximum Gasteiger partial charge on any atom is 0.254 e. The molecule has 4 heteroatoms. The molecule has 0 aliphatic carbocycles. The number of halogens is 1. The monoisotopic (exact) mass is 303 g/mol. The SMILES string of the molecule is O=C(c1ccsc1)N1CCCC[C@H](c2ccc(F)cc2)C1. The number of hydrogen-bond donors (Lipinski definition) is 0. The third-order valence-corrected chi connectivity index (χ3v) is 4.75. The molecule has 1 saturated heterocycles. The van der Waals surface area contributed by atoms with Gasteiger partial charge >= 0.3 is 0 Å². The zero-order valence-electron chi connectivity index (χ0n) is 11.8. The Kier molecular flexibility index (Phi) is 4.34. The van der Waals surface area contributed by atoms with Gasteiger partial charge in [0, 0.05) is 24.4 Å². The Morgan fingerprint density at radius 2 is 2.00 bits per heavy atom. The average Bonchev–Trinajstić information content (AvgIpc) is 2.92. The predicted molar refractivity (Wildman–Crippen MR) is 83.2 cm³/mol. The van der Waals surface area contributed by atoms with E-state index < -0.39 is 0 Å². The second-order valence-electron chi connectivity index (χ2n) is 5.51. The maximum absolute atomic E-state index is 13.1. The molecule has 3 rings (SSSR count). The molecular formula is C17H18FNOS. The molecule has 1 aliphatic rings. The molecule has 0 bridgehead atoms. The van der Waals surface area contributed by atoms with Crippen LogP contribution in [0.5, 0.6) is 0 Å². The summed E-state index contributed by atoms with van der Waals surface area (Å²) in [4.78, 5) is 14.5. The number of thiophene rings is 1. The number of nitrogens with zero attached hydrogens (tertiary/aromatic N) is 1. The highest BCUT2D eigenvalue weighted by atomic mass is 32.1. The highest BCUT2D eigenvalue weighted by Crippen LogP contribution is 2.27. The molecule has 1 aromatic carbocycles. The third kappa shape index (κ3) is 3.32. The summed E-state index contributed by atoms with van der Waals surface area (Å²) in [5.74, 6) is 0.208. The minimum Gasteiger partial charge on any atom is -0.338 e. The van der Waals surface area contributed by atoms with E-state index in [1.807, 2.05) is 33.9 Å². The van der Waals surface area contributed by atoms with Crippen LogP contribution in [0.1, 0.15) is 41.1 Å². The quantitative estimate of drug-likeness (QED) is 0.810. The van der Waals surface area contributed by atoms with Crippen molar-refractivity contribution < 1.29 is 9.18 Å². The molecule has 1 fully saturated rings. The van der Waals surface area contributed by atoms with Gasteiger partial charge in [-0.25, -0.2) is 4.39 Å². The first-order valence-electron chi connectivity index (χ1n) is 7.31.